The van der Waals surface area contributed by atoms with Gasteiger partial charge >= 0.3 is 0 Å². The fourth-order valence-electron chi connectivity index (χ4n) is 2.14. The van der Waals surface area contributed by atoms with Crippen LogP contribution in [-0.4, -0.2) is 27.5 Å². The minimum Gasteiger partial charge on any atom is -0.314 e. The van der Waals surface area contributed by atoms with Crippen molar-refractivity contribution in [2.24, 2.45) is 0 Å². The van der Waals surface area contributed by atoms with Crippen LogP contribution in [0.3, 0.4) is 0 Å². The third kappa shape index (κ3) is 4.56. The molecule has 1 aliphatic heterocycles. The van der Waals surface area contributed by atoms with Crippen LogP contribution in [0.4, 0.5) is 4.39 Å². The number of hydrogen-bond acceptors (Lipinski definition) is 3. The summed E-state index contributed by atoms with van der Waals surface area (Å²) in [5, 5.41) is 3.45. The second-order valence-corrected chi connectivity index (χ2v) is 6.73. The number of hydrogen-bond donors (Lipinski definition) is 2. The summed E-state index contributed by atoms with van der Waals surface area (Å²) in [6.07, 6.45) is 2.87. The molecule has 0 spiro atoms. The summed E-state index contributed by atoms with van der Waals surface area (Å²) in [5.74, 6) is -0.834. The molecular formula is C12H17Cl2FN2O2S. The fourth-order valence-corrected chi connectivity index (χ4v) is 3.41. The Bertz CT molecular complexity index is 548. The van der Waals surface area contributed by atoms with Crippen molar-refractivity contribution in [2.75, 3.05) is 13.1 Å². The molecule has 2 N–H and O–H groups in total. The quantitative estimate of drug-likeness (QED) is 0.863. The molecule has 0 bridgehead atoms. The van der Waals surface area contributed by atoms with E-state index in [1.807, 2.05) is 0 Å². The molecule has 1 fully saturated rings. The van der Waals surface area contributed by atoms with Crippen molar-refractivity contribution < 1.29 is 12.8 Å². The van der Waals surface area contributed by atoms with E-state index in [-0.39, 0.29) is 22.3 Å². The third-order valence-electron chi connectivity index (χ3n) is 3.13. The van der Waals surface area contributed by atoms with Gasteiger partial charge in [0.2, 0.25) is 10.0 Å². The van der Waals surface area contributed by atoms with Gasteiger partial charge in [-0.05, 0) is 44.0 Å². The molecule has 20 heavy (non-hydrogen) atoms. The molecule has 114 valence electrons. The summed E-state index contributed by atoms with van der Waals surface area (Å²) in [6, 6.07) is 3.87. The van der Waals surface area contributed by atoms with Gasteiger partial charge in [-0.1, -0.05) is 11.6 Å². The lowest BCUT2D eigenvalue weighted by atomic mass is 10.2. The zero-order valence-electron chi connectivity index (χ0n) is 10.7. The Hall–Kier alpha value is -0.400. The third-order valence-corrected chi connectivity index (χ3v) is 4.86. The van der Waals surface area contributed by atoms with Crippen molar-refractivity contribution >= 4 is 34.0 Å². The van der Waals surface area contributed by atoms with Gasteiger partial charge in [0.05, 0.1) is 0 Å². The van der Waals surface area contributed by atoms with Gasteiger partial charge in [0.1, 0.15) is 10.7 Å². The van der Waals surface area contributed by atoms with Crippen molar-refractivity contribution in [3.05, 3.63) is 29.0 Å². The van der Waals surface area contributed by atoms with E-state index in [2.05, 4.69) is 10.0 Å². The SMILES string of the molecule is Cl.O=S(=O)(NCC[C@H]1CCCN1)c1ccc(Cl)cc1F. The highest BCUT2D eigenvalue weighted by Gasteiger charge is 2.20. The molecule has 0 amide bonds. The zero-order valence-corrected chi connectivity index (χ0v) is 13.1. The smallest absolute Gasteiger partial charge is 0.243 e. The van der Waals surface area contributed by atoms with Gasteiger partial charge in [0.15, 0.2) is 0 Å². The number of sulfonamides is 1. The highest BCUT2D eigenvalue weighted by molar-refractivity contribution is 7.89. The largest absolute Gasteiger partial charge is 0.314 e. The van der Waals surface area contributed by atoms with Crippen molar-refractivity contribution in [1.82, 2.24) is 10.0 Å². The first-order valence-corrected chi connectivity index (χ1v) is 8.03. The van der Waals surface area contributed by atoms with Crippen LogP contribution < -0.4 is 10.0 Å². The number of rotatable bonds is 5. The van der Waals surface area contributed by atoms with E-state index in [4.69, 9.17) is 11.6 Å². The maximum atomic E-state index is 13.6. The average Bonchev–Trinajstić information content (AvgIpc) is 2.81. The van der Waals surface area contributed by atoms with E-state index in [0.29, 0.717) is 19.0 Å². The summed E-state index contributed by atoms with van der Waals surface area (Å²) in [4.78, 5) is -0.365. The maximum absolute atomic E-state index is 13.6. The standard InChI is InChI=1S/C12H16ClFN2O2S.ClH/c13-9-3-4-12(11(14)8-9)19(17,18)16-7-5-10-2-1-6-15-10;/h3-4,8,10,15-16H,1-2,5-7H2;1H/t10-;/m1./s1. The molecule has 0 unspecified atom stereocenters. The van der Waals surface area contributed by atoms with Gasteiger partial charge in [-0.15, -0.1) is 12.4 Å². The summed E-state index contributed by atoms with van der Waals surface area (Å²) in [7, 11) is -3.81. The van der Waals surface area contributed by atoms with Gasteiger partial charge in [0, 0.05) is 17.6 Å². The highest BCUT2D eigenvalue weighted by Crippen LogP contribution is 2.19. The van der Waals surface area contributed by atoms with Gasteiger partial charge < -0.3 is 5.32 Å². The molecule has 1 saturated heterocycles. The Kier molecular flexibility index (Phi) is 6.68. The van der Waals surface area contributed by atoms with E-state index < -0.39 is 15.8 Å². The Morgan fingerprint density at radius 3 is 2.80 bits per heavy atom. The highest BCUT2D eigenvalue weighted by atomic mass is 35.5. The Morgan fingerprint density at radius 1 is 1.45 bits per heavy atom. The van der Waals surface area contributed by atoms with Gasteiger partial charge in [-0.2, -0.15) is 0 Å². The van der Waals surface area contributed by atoms with E-state index in [1.54, 1.807) is 0 Å². The first-order chi connectivity index (χ1) is 8.99. The number of benzene rings is 1. The molecular weight excluding hydrogens is 326 g/mol. The summed E-state index contributed by atoms with van der Waals surface area (Å²) >= 11 is 5.59. The first kappa shape index (κ1) is 17.7. The Balaban J connectivity index is 0.00000200. The summed E-state index contributed by atoms with van der Waals surface area (Å²) in [5.41, 5.74) is 0. The lowest BCUT2D eigenvalue weighted by molar-refractivity contribution is 0.532. The molecule has 1 heterocycles. The predicted molar refractivity (Wildman–Crippen MR) is 79.5 cm³/mol. The second kappa shape index (κ2) is 7.56. The number of nitrogens with one attached hydrogen (secondary N) is 2. The normalized spacial score (nSPS) is 18.8. The molecule has 0 radical (unpaired) electrons. The topological polar surface area (TPSA) is 58.2 Å². The molecule has 1 aromatic carbocycles. The van der Waals surface area contributed by atoms with Crippen LogP contribution >= 0.6 is 24.0 Å². The molecule has 1 aromatic rings. The van der Waals surface area contributed by atoms with Crippen LogP contribution in [0.1, 0.15) is 19.3 Å². The average molecular weight is 343 g/mol. The van der Waals surface area contributed by atoms with Crippen molar-refractivity contribution in [3.63, 3.8) is 0 Å². The van der Waals surface area contributed by atoms with Crippen LogP contribution in [0, 0.1) is 5.82 Å². The van der Waals surface area contributed by atoms with Crippen LogP contribution in [0.5, 0.6) is 0 Å². The molecule has 0 aliphatic carbocycles. The van der Waals surface area contributed by atoms with Crippen LogP contribution in [0.15, 0.2) is 23.1 Å². The summed E-state index contributed by atoms with van der Waals surface area (Å²) < 4.78 is 39.8. The summed E-state index contributed by atoms with van der Waals surface area (Å²) in [6.45, 7) is 1.27. The van der Waals surface area contributed by atoms with Crippen LogP contribution in [0.2, 0.25) is 5.02 Å². The first-order valence-electron chi connectivity index (χ1n) is 6.17. The van der Waals surface area contributed by atoms with E-state index in [0.717, 1.165) is 25.5 Å². The maximum Gasteiger partial charge on any atom is 0.243 e. The van der Waals surface area contributed by atoms with E-state index >= 15 is 0 Å². The molecule has 0 aromatic heterocycles. The van der Waals surface area contributed by atoms with E-state index in [9.17, 15) is 12.8 Å². The van der Waals surface area contributed by atoms with Crippen molar-refractivity contribution in [2.45, 2.75) is 30.2 Å². The van der Waals surface area contributed by atoms with Gasteiger partial charge in [-0.25, -0.2) is 17.5 Å². The molecule has 4 nitrogen and oxygen atoms in total. The monoisotopic (exact) mass is 342 g/mol. The molecule has 1 atom stereocenters. The molecule has 8 heteroatoms. The van der Waals surface area contributed by atoms with Gasteiger partial charge in [-0.3, -0.25) is 0 Å². The van der Waals surface area contributed by atoms with Crippen molar-refractivity contribution in [3.8, 4) is 0 Å². The van der Waals surface area contributed by atoms with Crippen molar-refractivity contribution in [1.29, 1.82) is 0 Å². The molecule has 1 aliphatic rings. The fraction of sp³-hybridized carbons (Fsp3) is 0.500. The Labute approximate surface area is 129 Å². The zero-order chi connectivity index (χ0) is 13.9. The molecule has 2 rings (SSSR count). The minimum atomic E-state index is -3.81. The lowest BCUT2D eigenvalue weighted by Crippen LogP contribution is -2.31. The Morgan fingerprint density at radius 2 is 2.20 bits per heavy atom. The number of halogens is 3. The molecule has 0 saturated carbocycles. The van der Waals surface area contributed by atoms with Crippen LogP contribution in [0.25, 0.3) is 0 Å². The van der Waals surface area contributed by atoms with E-state index in [1.165, 1.54) is 12.1 Å². The second-order valence-electron chi connectivity index (χ2n) is 4.55. The minimum absolute atomic E-state index is 0. The van der Waals surface area contributed by atoms with Crippen LogP contribution in [-0.2, 0) is 10.0 Å². The van der Waals surface area contributed by atoms with Gasteiger partial charge in [0.25, 0.3) is 0 Å². The predicted octanol–water partition coefficient (Wildman–Crippen LogP) is 2.32. The lowest BCUT2D eigenvalue weighted by Gasteiger charge is -2.11.